The van der Waals surface area contributed by atoms with Gasteiger partial charge in [-0.25, -0.2) is 19.2 Å². The van der Waals surface area contributed by atoms with E-state index in [1.54, 1.807) is 32.0 Å². The molecule has 13 heteroatoms. The number of cyclic esters (lactones) is 1. The molecule has 2 aromatic rings. The standard InChI is InChI=1S/C26H32FN7O5/c1-14(33(2)3)24(36)30-19-5-4-16-8-15(9-18(16)22(19)27)10-28-7-6-17-12-34(26(37)39-17)20-11-29-25-23(31-20)32-21(35)13-38-25/h4-5,11,14-15,17,28H,6-10,12-13H2,1-3H3,(H,30,36)(H,31,32,35)/t14-,15?,17?/m1/s1. The number of benzene rings is 1. The molecule has 3 atom stereocenters. The maximum Gasteiger partial charge on any atom is 0.415 e. The second kappa shape index (κ2) is 11.1. The van der Waals surface area contributed by atoms with Gasteiger partial charge in [0.05, 0.1) is 24.5 Å². The number of rotatable bonds is 9. The zero-order chi connectivity index (χ0) is 27.7. The second-order valence-electron chi connectivity index (χ2n) is 10.3. The Balaban J connectivity index is 1.08. The first-order valence-corrected chi connectivity index (χ1v) is 13.0. The van der Waals surface area contributed by atoms with Gasteiger partial charge in [0.2, 0.25) is 5.91 Å². The lowest BCUT2D eigenvalue weighted by Gasteiger charge is -2.19. The number of ether oxygens (including phenoxy) is 2. The third kappa shape index (κ3) is 5.78. The first-order chi connectivity index (χ1) is 18.7. The van der Waals surface area contributed by atoms with Crippen LogP contribution in [-0.2, 0) is 27.2 Å². The first-order valence-electron chi connectivity index (χ1n) is 13.0. The zero-order valence-electron chi connectivity index (χ0n) is 22.1. The monoisotopic (exact) mass is 541 g/mol. The third-order valence-electron chi connectivity index (χ3n) is 7.30. The maximum absolute atomic E-state index is 15.2. The average molecular weight is 542 g/mol. The van der Waals surface area contributed by atoms with Gasteiger partial charge in [-0.3, -0.25) is 19.4 Å². The summed E-state index contributed by atoms with van der Waals surface area (Å²) < 4.78 is 25.8. The van der Waals surface area contributed by atoms with Crippen LogP contribution in [0.3, 0.4) is 0 Å². The Morgan fingerprint density at radius 3 is 2.92 bits per heavy atom. The normalized spacial score (nSPS) is 20.7. The molecular formula is C26H32FN7O5. The molecule has 208 valence electrons. The van der Waals surface area contributed by atoms with E-state index in [-0.39, 0.29) is 65.5 Å². The molecule has 5 rings (SSSR count). The van der Waals surface area contributed by atoms with Gasteiger partial charge in [0.1, 0.15) is 11.9 Å². The Hall–Kier alpha value is -3.84. The molecule has 2 unspecified atom stereocenters. The number of fused-ring (bicyclic) bond motifs is 2. The van der Waals surface area contributed by atoms with Crippen LogP contribution in [-0.4, -0.2) is 85.3 Å². The fourth-order valence-corrected chi connectivity index (χ4v) is 4.87. The van der Waals surface area contributed by atoms with Crippen LogP contribution in [0.1, 0.15) is 24.5 Å². The molecule has 3 heterocycles. The Morgan fingerprint density at radius 2 is 2.13 bits per heavy atom. The quantitative estimate of drug-likeness (QED) is 0.404. The number of nitrogens with one attached hydrogen (secondary N) is 3. The first kappa shape index (κ1) is 26.8. The van der Waals surface area contributed by atoms with E-state index in [4.69, 9.17) is 9.47 Å². The summed E-state index contributed by atoms with van der Waals surface area (Å²) in [6.45, 7) is 3.26. The van der Waals surface area contributed by atoms with Crippen molar-refractivity contribution in [3.05, 3.63) is 35.3 Å². The molecule has 1 aromatic heterocycles. The SMILES string of the molecule is C[C@H](C(=O)Nc1ccc2c(c1F)CC(CNCCC1CN(c3cnc4c(n3)NC(=O)CO4)C(=O)O1)C2)N(C)C. The van der Waals surface area contributed by atoms with Crippen molar-refractivity contribution in [1.29, 1.82) is 0 Å². The van der Waals surface area contributed by atoms with Crippen LogP contribution in [0.25, 0.3) is 0 Å². The molecule has 3 N–H and O–H groups in total. The van der Waals surface area contributed by atoms with Crippen molar-refractivity contribution in [2.75, 3.05) is 55.9 Å². The highest BCUT2D eigenvalue weighted by Crippen LogP contribution is 2.32. The van der Waals surface area contributed by atoms with Crippen LogP contribution in [0.5, 0.6) is 5.88 Å². The fraction of sp³-hybridized carbons (Fsp3) is 0.500. The lowest BCUT2D eigenvalue weighted by Crippen LogP contribution is -2.37. The zero-order valence-corrected chi connectivity index (χ0v) is 22.1. The molecule has 1 aliphatic carbocycles. The van der Waals surface area contributed by atoms with Crippen molar-refractivity contribution in [1.82, 2.24) is 20.2 Å². The van der Waals surface area contributed by atoms with Crippen molar-refractivity contribution in [2.45, 2.75) is 38.3 Å². The van der Waals surface area contributed by atoms with Crippen LogP contribution < -0.4 is 25.6 Å². The summed E-state index contributed by atoms with van der Waals surface area (Å²) in [5.74, 6) is -0.0560. The van der Waals surface area contributed by atoms with Crippen LogP contribution in [0.2, 0.25) is 0 Å². The van der Waals surface area contributed by atoms with Crippen LogP contribution in [0.4, 0.5) is 26.5 Å². The summed E-state index contributed by atoms with van der Waals surface area (Å²) in [4.78, 5) is 47.9. The number of likely N-dealkylation sites (N-methyl/N-ethyl adjacent to an activating group) is 1. The molecule has 12 nitrogen and oxygen atoms in total. The number of amides is 3. The molecule has 1 aromatic carbocycles. The molecule has 0 saturated carbocycles. The largest absolute Gasteiger partial charge is 0.465 e. The van der Waals surface area contributed by atoms with Crippen molar-refractivity contribution >= 4 is 35.2 Å². The molecule has 0 bridgehead atoms. The van der Waals surface area contributed by atoms with Gasteiger partial charge in [-0.15, -0.1) is 0 Å². The molecule has 0 spiro atoms. The molecule has 3 aliphatic rings. The Labute approximate surface area is 225 Å². The number of nitrogens with zero attached hydrogens (tertiary/aromatic N) is 4. The van der Waals surface area contributed by atoms with E-state index in [1.807, 2.05) is 6.07 Å². The summed E-state index contributed by atoms with van der Waals surface area (Å²) in [6.07, 6.45) is 2.49. The predicted molar refractivity (Wildman–Crippen MR) is 140 cm³/mol. The third-order valence-corrected chi connectivity index (χ3v) is 7.30. The molecular weight excluding hydrogens is 509 g/mol. The van der Waals surface area contributed by atoms with Crippen LogP contribution >= 0.6 is 0 Å². The minimum atomic E-state index is -0.526. The minimum absolute atomic E-state index is 0.126. The summed E-state index contributed by atoms with van der Waals surface area (Å²) in [5.41, 5.74) is 1.84. The highest BCUT2D eigenvalue weighted by molar-refractivity contribution is 5.95. The lowest BCUT2D eigenvalue weighted by molar-refractivity contribution is -0.120. The van der Waals surface area contributed by atoms with Crippen molar-refractivity contribution in [2.24, 2.45) is 5.92 Å². The molecule has 0 radical (unpaired) electrons. The molecule has 1 saturated heterocycles. The minimum Gasteiger partial charge on any atom is -0.465 e. The topological polar surface area (TPSA) is 138 Å². The van der Waals surface area contributed by atoms with Gasteiger partial charge >= 0.3 is 6.09 Å². The Kier molecular flexibility index (Phi) is 7.62. The average Bonchev–Trinajstić information content (AvgIpc) is 3.50. The fourth-order valence-electron chi connectivity index (χ4n) is 4.87. The van der Waals surface area contributed by atoms with E-state index < -0.39 is 6.09 Å². The van der Waals surface area contributed by atoms with Crippen molar-refractivity contribution in [3.8, 4) is 5.88 Å². The van der Waals surface area contributed by atoms with Gasteiger partial charge < -0.3 is 25.4 Å². The number of halogens is 1. The summed E-state index contributed by atoms with van der Waals surface area (Å²) in [7, 11) is 3.60. The van der Waals surface area contributed by atoms with Crippen LogP contribution in [0.15, 0.2) is 18.3 Å². The van der Waals surface area contributed by atoms with Gasteiger partial charge in [0.15, 0.2) is 18.2 Å². The number of hydrogen-bond acceptors (Lipinski definition) is 9. The number of aromatic nitrogens is 2. The van der Waals surface area contributed by atoms with E-state index in [0.29, 0.717) is 38.0 Å². The van der Waals surface area contributed by atoms with Crippen molar-refractivity contribution in [3.63, 3.8) is 0 Å². The number of carbonyl (C=O) groups is 3. The van der Waals surface area contributed by atoms with Gasteiger partial charge in [-0.05, 0) is 76.5 Å². The van der Waals surface area contributed by atoms with Crippen LogP contribution in [0, 0.1) is 11.7 Å². The number of carbonyl (C=O) groups excluding carboxylic acids is 3. The summed E-state index contributed by atoms with van der Waals surface area (Å²) in [6, 6.07) is 3.16. The number of hydrogen-bond donors (Lipinski definition) is 3. The van der Waals surface area contributed by atoms with Gasteiger partial charge in [-0.2, -0.15) is 0 Å². The van der Waals surface area contributed by atoms with Gasteiger partial charge in [-0.1, -0.05) is 6.07 Å². The Morgan fingerprint density at radius 1 is 1.31 bits per heavy atom. The smallest absolute Gasteiger partial charge is 0.415 e. The van der Waals surface area contributed by atoms with E-state index in [1.165, 1.54) is 11.1 Å². The molecule has 39 heavy (non-hydrogen) atoms. The highest BCUT2D eigenvalue weighted by Gasteiger charge is 2.34. The maximum atomic E-state index is 15.2. The summed E-state index contributed by atoms with van der Waals surface area (Å²) in [5, 5.41) is 8.68. The van der Waals surface area contributed by atoms with E-state index >= 15 is 4.39 Å². The predicted octanol–water partition coefficient (Wildman–Crippen LogP) is 1.56. The van der Waals surface area contributed by atoms with E-state index in [2.05, 4.69) is 25.9 Å². The molecule has 2 aliphatic heterocycles. The van der Waals surface area contributed by atoms with E-state index in [9.17, 15) is 14.4 Å². The molecule has 1 fully saturated rings. The molecule has 3 amide bonds. The Bertz CT molecular complexity index is 1290. The van der Waals surface area contributed by atoms with E-state index in [0.717, 1.165) is 12.0 Å². The lowest BCUT2D eigenvalue weighted by atomic mass is 10.1. The highest BCUT2D eigenvalue weighted by atomic mass is 19.1. The summed E-state index contributed by atoms with van der Waals surface area (Å²) >= 11 is 0. The van der Waals surface area contributed by atoms with Gasteiger partial charge in [0.25, 0.3) is 11.8 Å². The second-order valence-corrected chi connectivity index (χ2v) is 10.3. The number of anilines is 3. The van der Waals surface area contributed by atoms with Gasteiger partial charge in [0, 0.05) is 0 Å². The van der Waals surface area contributed by atoms with Crippen molar-refractivity contribution < 1.29 is 28.2 Å².